The van der Waals surface area contributed by atoms with Crippen molar-refractivity contribution in [3.8, 4) is 34.5 Å². The Morgan fingerprint density at radius 3 is 1.24 bits per heavy atom. The number of esters is 2. The Bertz CT molecular complexity index is 4770. The number of thioether (sulfide) groups is 4. The first-order valence-corrected chi connectivity index (χ1v) is 56.9. The Morgan fingerprint density at radius 1 is 0.442 bits per heavy atom. The van der Waals surface area contributed by atoms with Crippen LogP contribution in [0.1, 0.15) is 433 Å². The van der Waals surface area contributed by atoms with Gasteiger partial charge >= 0.3 is 11.9 Å². The Kier molecular flexibility index (Phi) is 49.4. The van der Waals surface area contributed by atoms with Crippen molar-refractivity contribution >= 4 is 82.4 Å². The number of carbonyl (C=O) groups is 2. The van der Waals surface area contributed by atoms with Gasteiger partial charge in [0.25, 0.3) is 0 Å². The molecule has 1 unspecified atom stereocenters. The number of likely N-dealkylation sites (tertiary alicyclic amines) is 1. The van der Waals surface area contributed by atoms with E-state index in [-0.39, 0.29) is 78.4 Å². The number of aryl methyl sites for hydroxylation is 5. The third-order valence-corrected chi connectivity index (χ3v) is 29.9. The highest BCUT2D eigenvalue weighted by atomic mass is 32.2. The SMILES string of the molecule is CCCCC(CCc1cc(C(C)(C)C)c(O)c(C(C)(C)C)c1)C(=O)OC1CC(C)(C)N(C)C(C)(C)C1.CCCCCCCCSCc1cc(C)c(O)c(CSC)c1.CCCCCCCCSc1nc(Nc2cc(C(C)(C)C)c(O)c(C(C)(C)C)c2)nc(SC)n1.CCCOC(=O)CCc1cc(C(C)(C)C)c(O)c(C(C)(C)C)c1.Cc1cc(Sc2cc(C)cc(C(C)(C)C)c2O)c(O)c(C(C)(C)C)c1. The number of unbranched alkanes of at least 4 members (excludes halogenated alkanes) is 11. The van der Waals surface area contributed by atoms with Crippen LogP contribution < -0.4 is 5.32 Å². The van der Waals surface area contributed by atoms with Crippen molar-refractivity contribution in [2.75, 3.05) is 43.0 Å². The molecule has 20 heteroatoms. The molecule has 0 saturated carbocycles. The molecule has 0 radical (unpaired) electrons. The molecule has 1 saturated heterocycles. The molecule has 138 heavy (non-hydrogen) atoms. The zero-order valence-corrected chi connectivity index (χ0v) is 97.4. The molecule has 0 amide bonds. The number of anilines is 2. The van der Waals surface area contributed by atoms with E-state index >= 15 is 0 Å². The van der Waals surface area contributed by atoms with Crippen LogP contribution in [0.5, 0.6) is 34.5 Å². The van der Waals surface area contributed by atoms with Gasteiger partial charge in [0, 0.05) is 81.1 Å². The van der Waals surface area contributed by atoms with Gasteiger partial charge in [0.15, 0.2) is 10.3 Å². The molecule has 0 spiro atoms. The van der Waals surface area contributed by atoms with E-state index in [0.717, 1.165) is 162 Å². The average Bonchev–Trinajstić information content (AvgIpc) is 0.722. The van der Waals surface area contributed by atoms with Gasteiger partial charge in [-0.05, 0) is 242 Å². The summed E-state index contributed by atoms with van der Waals surface area (Å²) in [5.41, 5.74) is 15.0. The number of aromatic nitrogens is 3. The summed E-state index contributed by atoms with van der Waals surface area (Å²) in [5, 5.41) is 69.3. The van der Waals surface area contributed by atoms with Crippen molar-refractivity contribution in [3.05, 3.63) is 156 Å². The molecule has 1 aliphatic rings. The Hall–Kier alpha value is -6.42. The number of aromatic hydroxyl groups is 6. The molecular formula is C118H189N5O10S5. The molecular weight excluding hydrogens is 1810 g/mol. The van der Waals surface area contributed by atoms with E-state index in [1.54, 1.807) is 23.5 Å². The minimum Gasteiger partial charge on any atom is -0.507 e. The molecule has 8 rings (SSSR count). The second-order valence-electron chi connectivity index (χ2n) is 48.0. The van der Waals surface area contributed by atoms with E-state index in [4.69, 9.17) is 9.47 Å². The lowest BCUT2D eigenvalue weighted by Crippen LogP contribution is -2.60. The van der Waals surface area contributed by atoms with Gasteiger partial charge in [-0.2, -0.15) is 38.5 Å². The van der Waals surface area contributed by atoms with Gasteiger partial charge < -0.3 is 45.4 Å². The van der Waals surface area contributed by atoms with E-state index < -0.39 is 0 Å². The summed E-state index contributed by atoms with van der Waals surface area (Å²) in [7, 11) is 2.18. The van der Waals surface area contributed by atoms with Gasteiger partial charge in [-0.25, -0.2) is 0 Å². The normalized spacial score (nSPS) is 14.1. The highest BCUT2D eigenvalue weighted by molar-refractivity contribution is 8.00. The molecule has 7 aromatic rings. The molecule has 1 aliphatic heterocycles. The lowest BCUT2D eigenvalue weighted by molar-refractivity contribution is -0.164. The van der Waals surface area contributed by atoms with E-state index in [1.807, 2.05) is 94.2 Å². The Morgan fingerprint density at radius 2 is 0.833 bits per heavy atom. The van der Waals surface area contributed by atoms with Crippen LogP contribution in [0.4, 0.5) is 11.6 Å². The summed E-state index contributed by atoms with van der Waals surface area (Å²) in [6, 6.07) is 24.7. The first kappa shape index (κ1) is 124. The van der Waals surface area contributed by atoms with Gasteiger partial charge in [0.2, 0.25) is 5.95 Å². The molecule has 15 nitrogen and oxygen atoms in total. The van der Waals surface area contributed by atoms with Crippen molar-refractivity contribution in [1.82, 2.24) is 19.9 Å². The Balaban J connectivity index is 0.000000366. The number of rotatable bonds is 37. The number of carbonyl (C=O) groups excluding carboxylic acids is 2. The smallest absolute Gasteiger partial charge is 0.309 e. The number of nitrogens with one attached hydrogen (secondary N) is 1. The molecule has 1 atom stereocenters. The number of nitrogens with zero attached hydrogens (tertiary/aromatic N) is 4. The molecule has 1 aromatic heterocycles. The number of benzene rings is 6. The molecule has 776 valence electrons. The summed E-state index contributed by atoms with van der Waals surface area (Å²) in [5.74, 6) is 6.74. The van der Waals surface area contributed by atoms with E-state index in [2.05, 4.69) is 277 Å². The standard InChI is InChI=1S/C32H55NO3.C26H42N4OS2.C22H30O2S.C20H32O3.C18H30OS2/c1-13-14-15-23(28(35)36-24-20-31(8,9)33(12)32(10,11)21-24)17-16-22-18-25(29(2,3)4)27(34)26(19-22)30(5,6)7;1-9-10-11-12-13-14-15-33-24-29-22(28-23(30-24)32-8)27-18-16-19(25(2,3)4)21(31)20(17-18)26(5,6)7;1-13-9-15(21(3,4)5)19(23)17(11-13)25-18-12-14(2)10-16(20(18)24)22(6,7)8;1-8-11-23-17(21)10-9-14-12-15(19(2,3)4)18(22)16(13-14)20(5,6)7;1-4-5-6-7-8-9-10-21-13-16-11-15(2)18(19)17(12-16)14-20-3/h18-19,23-24,34H,13-17,20-21H2,1-12H3;16-17,31H,9-15H2,1-8H3,(H,27,28,29,30);9-12,23-24H,1-8H3;12-13,22H,8-11H2,1-7H3;11-12,19H,4-10,13-14H2,1-3H3. The molecule has 0 aliphatic carbocycles. The van der Waals surface area contributed by atoms with Crippen molar-refractivity contribution < 1.29 is 49.7 Å². The highest BCUT2D eigenvalue weighted by Crippen LogP contribution is 2.50. The summed E-state index contributed by atoms with van der Waals surface area (Å²) in [4.78, 5) is 43.1. The zero-order chi connectivity index (χ0) is 105. The minimum atomic E-state index is -0.191. The number of hydrogen-bond acceptors (Lipinski definition) is 20. The van der Waals surface area contributed by atoms with E-state index in [1.165, 1.54) is 117 Å². The lowest BCUT2D eigenvalue weighted by Gasteiger charge is -2.53. The number of piperidine rings is 1. The van der Waals surface area contributed by atoms with Crippen LogP contribution in [-0.2, 0) is 86.7 Å². The van der Waals surface area contributed by atoms with Gasteiger partial charge in [-0.15, -0.1) is 0 Å². The quantitative estimate of drug-likeness (QED) is 0.00831. The third kappa shape index (κ3) is 40.6. The number of hydrogen-bond donors (Lipinski definition) is 7. The second-order valence-corrected chi connectivity index (χ2v) is 52.9. The first-order chi connectivity index (χ1) is 63.7. The monoisotopic (exact) mass is 2000 g/mol. The minimum absolute atomic E-state index is 0.00956. The summed E-state index contributed by atoms with van der Waals surface area (Å²) >= 11 is 8.44. The summed E-state index contributed by atoms with van der Waals surface area (Å²) in [6.07, 6.45) is 28.0. The van der Waals surface area contributed by atoms with E-state index in [9.17, 15) is 40.2 Å². The molecule has 6 aromatic carbocycles. The first-order valence-electron chi connectivity index (χ1n) is 51.4. The van der Waals surface area contributed by atoms with Crippen molar-refractivity contribution in [3.63, 3.8) is 0 Å². The number of ether oxygens (including phenoxy) is 2. The van der Waals surface area contributed by atoms with Crippen LogP contribution in [0.25, 0.3) is 0 Å². The average molecular weight is 2000 g/mol. The van der Waals surface area contributed by atoms with Gasteiger partial charge in [0.05, 0.1) is 22.3 Å². The maximum Gasteiger partial charge on any atom is 0.309 e. The molecule has 2 heterocycles. The number of phenols is 6. The molecule has 1 fully saturated rings. The lowest BCUT2D eigenvalue weighted by atomic mass is 9.77. The second kappa shape index (κ2) is 55.0. The summed E-state index contributed by atoms with van der Waals surface area (Å²) < 4.78 is 11.4. The predicted molar refractivity (Wildman–Crippen MR) is 598 cm³/mol. The summed E-state index contributed by atoms with van der Waals surface area (Å²) in [6.45, 7) is 74.9. The fraction of sp³-hybridized carbons (Fsp3) is 0.653. The van der Waals surface area contributed by atoms with Gasteiger partial charge in [-0.1, -0.05) is 355 Å². The fourth-order valence-electron chi connectivity index (χ4n) is 17.2. The third-order valence-electron chi connectivity index (χ3n) is 25.6. The Labute approximate surface area is 861 Å². The van der Waals surface area contributed by atoms with E-state index in [0.29, 0.717) is 65.1 Å². The predicted octanol–water partition coefficient (Wildman–Crippen LogP) is 33.5. The fourth-order valence-corrected chi connectivity index (χ4v) is 21.1. The van der Waals surface area contributed by atoms with Crippen LogP contribution >= 0.6 is 58.8 Å². The molecule has 7 N–H and O–H groups in total. The molecule has 0 bridgehead atoms. The number of phenolic OH excluding ortho intramolecular Hbond substituents is 6. The maximum atomic E-state index is 13.5. The van der Waals surface area contributed by atoms with Crippen LogP contribution in [0, 0.1) is 26.7 Å². The maximum absolute atomic E-state index is 13.5. The van der Waals surface area contributed by atoms with Crippen LogP contribution in [0.3, 0.4) is 0 Å². The largest absolute Gasteiger partial charge is 0.507 e. The van der Waals surface area contributed by atoms with Crippen LogP contribution in [-0.4, -0.2) is 117 Å². The highest BCUT2D eigenvalue weighted by Gasteiger charge is 2.45. The van der Waals surface area contributed by atoms with Crippen LogP contribution in [0.15, 0.2) is 92.9 Å². The van der Waals surface area contributed by atoms with Gasteiger partial charge in [0.1, 0.15) is 40.6 Å². The zero-order valence-electron chi connectivity index (χ0n) is 93.3. The topological polar surface area (TPSA) is 228 Å². The van der Waals surface area contributed by atoms with Crippen LogP contribution in [0.2, 0.25) is 0 Å². The van der Waals surface area contributed by atoms with Gasteiger partial charge in [-0.3, -0.25) is 14.5 Å². The van der Waals surface area contributed by atoms with Crippen molar-refractivity contribution in [2.45, 2.75) is 476 Å². The van der Waals surface area contributed by atoms with Crippen molar-refractivity contribution in [2.24, 2.45) is 5.92 Å². The van der Waals surface area contributed by atoms with Crippen molar-refractivity contribution in [1.29, 1.82) is 0 Å².